The van der Waals surface area contributed by atoms with E-state index in [0.717, 1.165) is 71.6 Å². The van der Waals surface area contributed by atoms with Crippen LogP contribution in [0.2, 0.25) is 0 Å². The van der Waals surface area contributed by atoms with Crippen LogP contribution in [0.5, 0.6) is 0 Å². The third-order valence-corrected chi connectivity index (χ3v) is 4.86. The van der Waals surface area contributed by atoms with E-state index in [1.54, 1.807) is 6.92 Å². The summed E-state index contributed by atoms with van der Waals surface area (Å²) in [7, 11) is 0. The molecule has 1 atom stereocenters. The van der Waals surface area contributed by atoms with E-state index in [2.05, 4.69) is 17.1 Å². The molecule has 1 unspecified atom stereocenters. The zero-order valence-corrected chi connectivity index (χ0v) is 16.3. The lowest BCUT2D eigenvalue weighted by Crippen LogP contribution is -2.45. The van der Waals surface area contributed by atoms with Crippen molar-refractivity contribution in [3.63, 3.8) is 0 Å². The van der Waals surface area contributed by atoms with E-state index in [4.69, 9.17) is 5.11 Å². The van der Waals surface area contributed by atoms with Crippen LogP contribution in [0.15, 0.2) is 0 Å². The maximum Gasteiger partial charge on any atom is 0.320 e. The first kappa shape index (κ1) is 22.8. The van der Waals surface area contributed by atoms with Crippen LogP contribution in [0.4, 0.5) is 0 Å². The SMILES string of the molecule is CCCN1CCCN(C(C)C(=O)O)CCNCCCN(CC(=O)O)CC1. The highest BCUT2D eigenvalue weighted by atomic mass is 16.4. The molecule has 0 radical (unpaired) electrons. The Morgan fingerprint density at radius 2 is 1.65 bits per heavy atom. The molecule has 0 bridgehead atoms. The molecule has 152 valence electrons. The van der Waals surface area contributed by atoms with Gasteiger partial charge in [-0.1, -0.05) is 6.92 Å². The Balaban J connectivity index is 2.67. The third kappa shape index (κ3) is 9.47. The molecule has 0 aromatic rings. The quantitative estimate of drug-likeness (QED) is 0.610. The molecular weight excluding hydrogens is 336 g/mol. The molecule has 1 aliphatic heterocycles. The van der Waals surface area contributed by atoms with Gasteiger partial charge in [-0.2, -0.15) is 0 Å². The molecule has 0 amide bonds. The van der Waals surface area contributed by atoms with Gasteiger partial charge in [-0.3, -0.25) is 19.4 Å². The summed E-state index contributed by atoms with van der Waals surface area (Å²) in [6, 6.07) is -0.476. The standard InChI is InChI=1S/C18H36N4O4/c1-3-8-20-10-5-11-22(16(2)18(25)26)12-7-19-6-4-9-21(14-13-20)15-17(23)24/h16,19H,3-15H2,1-2H3,(H,23,24)(H,25,26). The first-order valence-corrected chi connectivity index (χ1v) is 9.78. The Bertz CT molecular complexity index is 422. The highest BCUT2D eigenvalue weighted by Crippen LogP contribution is 2.04. The number of rotatable bonds is 6. The van der Waals surface area contributed by atoms with Crippen molar-refractivity contribution in [1.29, 1.82) is 0 Å². The average molecular weight is 373 g/mol. The normalized spacial score (nSPS) is 21.8. The first-order chi connectivity index (χ1) is 12.4. The van der Waals surface area contributed by atoms with Crippen molar-refractivity contribution in [3.05, 3.63) is 0 Å². The van der Waals surface area contributed by atoms with E-state index in [1.807, 2.05) is 9.80 Å². The molecule has 1 rings (SSSR count). The van der Waals surface area contributed by atoms with Crippen LogP contribution in [0.1, 0.15) is 33.1 Å². The minimum absolute atomic E-state index is 0.0872. The molecule has 1 heterocycles. The van der Waals surface area contributed by atoms with Gasteiger partial charge >= 0.3 is 11.9 Å². The topological polar surface area (TPSA) is 96.4 Å². The van der Waals surface area contributed by atoms with E-state index < -0.39 is 18.0 Å². The lowest BCUT2D eigenvalue weighted by atomic mass is 10.2. The molecule has 0 spiro atoms. The zero-order valence-electron chi connectivity index (χ0n) is 16.3. The summed E-state index contributed by atoms with van der Waals surface area (Å²) in [4.78, 5) is 28.8. The van der Waals surface area contributed by atoms with Crippen LogP contribution in [-0.2, 0) is 9.59 Å². The van der Waals surface area contributed by atoms with Crippen LogP contribution in [-0.4, -0.2) is 108 Å². The van der Waals surface area contributed by atoms with Crippen LogP contribution >= 0.6 is 0 Å². The largest absolute Gasteiger partial charge is 0.480 e. The predicted octanol–water partition coefficient (Wildman–Crippen LogP) is 0.244. The van der Waals surface area contributed by atoms with Crippen molar-refractivity contribution < 1.29 is 19.8 Å². The second kappa shape index (κ2) is 13.0. The lowest BCUT2D eigenvalue weighted by Gasteiger charge is -2.30. The fraction of sp³-hybridized carbons (Fsp3) is 0.889. The highest BCUT2D eigenvalue weighted by Gasteiger charge is 2.20. The van der Waals surface area contributed by atoms with Gasteiger partial charge in [0.05, 0.1) is 6.54 Å². The van der Waals surface area contributed by atoms with Crippen LogP contribution < -0.4 is 5.32 Å². The summed E-state index contributed by atoms with van der Waals surface area (Å²) in [6.45, 7) is 11.3. The number of carbonyl (C=O) groups is 2. The van der Waals surface area contributed by atoms with Gasteiger partial charge in [0.2, 0.25) is 0 Å². The Morgan fingerprint density at radius 3 is 2.31 bits per heavy atom. The van der Waals surface area contributed by atoms with Gasteiger partial charge in [-0.25, -0.2) is 0 Å². The minimum Gasteiger partial charge on any atom is -0.480 e. The van der Waals surface area contributed by atoms with E-state index in [9.17, 15) is 14.7 Å². The molecule has 8 heteroatoms. The van der Waals surface area contributed by atoms with E-state index in [-0.39, 0.29) is 6.54 Å². The molecule has 1 saturated heterocycles. The Morgan fingerprint density at radius 1 is 0.962 bits per heavy atom. The maximum absolute atomic E-state index is 11.3. The van der Waals surface area contributed by atoms with Crippen molar-refractivity contribution in [3.8, 4) is 0 Å². The van der Waals surface area contributed by atoms with Gasteiger partial charge in [-0.15, -0.1) is 0 Å². The molecule has 1 fully saturated rings. The number of hydrogen-bond acceptors (Lipinski definition) is 6. The van der Waals surface area contributed by atoms with Crippen molar-refractivity contribution in [2.24, 2.45) is 0 Å². The molecule has 0 aromatic carbocycles. The monoisotopic (exact) mass is 372 g/mol. The number of nitrogens with one attached hydrogen (secondary N) is 1. The Hall–Kier alpha value is -1.22. The third-order valence-electron chi connectivity index (χ3n) is 4.86. The number of nitrogens with zero attached hydrogens (tertiary/aromatic N) is 3. The number of carboxylic acids is 2. The van der Waals surface area contributed by atoms with Gasteiger partial charge in [0, 0.05) is 32.7 Å². The number of carboxylic acid groups (broad SMARTS) is 2. The maximum atomic E-state index is 11.3. The predicted molar refractivity (Wildman–Crippen MR) is 102 cm³/mol. The molecular formula is C18H36N4O4. The Labute approximate surface area is 157 Å². The molecule has 0 aromatic heterocycles. The van der Waals surface area contributed by atoms with Gasteiger partial charge in [0.25, 0.3) is 0 Å². The van der Waals surface area contributed by atoms with Gasteiger partial charge in [0.1, 0.15) is 6.04 Å². The average Bonchev–Trinajstić information content (AvgIpc) is 2.58. The second-order valence-corrected chi connectivity index (χ2v) is 7.02. The molecule has 0 saturated carbocycles. The zero-order chi connectivity index (χ0) is 19.4. The van der Waals surface area contributed by atoms with Gasteiger partial charge < -0.3 is 20.4 Å². The van der Waals surface area contributed by atoms with Crippen LogP contribution in [0, 0.1) is 0 Å². The lowest BCUT2D eigenvalue weighted by molar-refractivity contribution is -0.142. The second-order valence-electron chi connectivity index (χ2n) is 7.02. The minimum atomic E-state index is -0.778. The van der Waals surface area contributed by atoms with E-state index in [0.29, 0.717) is 6.54 Å². The summed E-state index contributed by atoms with van der Waals surface area (Å²) in [5.74, 6) is -1.56. The van der Waals surface area contributed by atoms with Crippen molar-refractivity contribution in [1.82, 2.24) is 20.0 Å². The molecule has 0 aliphatic carbocycles. The smallest absolute Gasteiger partial charge is 0.320 e. The van der Waals surface area contributed by atoms with Crippen molar-refractivity contribution in [2.45, 2.75) is 39.2 Å². The van der Waals surface area contributed by atoms with Gasteiger partial charge in [0.15, 0.2) is 0 Å². The number of aliphatic carboxylic acids is 2. The van der Waals surface area contributed by atoms with Gasteiger partial charge in [-0.05, 0) is 52.4 Å². The molecule has 8 nitrogen and oxygen atoms in total. The molecule has 1 aliphatic rings. The van der Waals surface area contributed by atoms with E-state index in [1.165, 1.54) is 0 Å². The number of hydrogen-bond donors (Lipinski definition) is 3. The highest BCUT2D eigenvalue weighted by molar-refractivity contribution is 5.72. The van der Waals surface area contributed by atoms with Crippen molar-refractivity contribution in [2.75, 3.05) is 65.4 Å². The van der Waals surface area contributed by atoms with E-state index >= 15 is 0 Å². The summed E-state index contributed by atoms with van der Waals surface area (Å²) in [5, 5.41) is 21.8. The van der Waals surface area contributed by atoms with Crippen LogP contribution in [0.25, 0.3) is 0 Å². The molecule has 3 N–H and O–H groups in total. The summed E-state index contributed by atoms with van der Waals surface area (Å²) < 4.78 is 0. The summed E-state index contributed by atoms with van der Waals surface area (Å²) in [5.41, 5.74) is 0. The van der Waals surface area contributed by atoms with Crippen LogP contribution in [0.3, 0.4) is 0 Å². The Kier molecular flexibility index (Phi) is 11.4. The first-order valence-electron chi connectivity index (χ1n) is 9.78. The fourth-order valence-electron chi connectivity index (χ4n) is 3.32. The summed E-state index contributed by atoms with van der Waals surface area (Å²) in [6.07, 6.45) is 2.85. The summed E-state index contributed by atoms with van der Waals surface area (Å²) >= 11 is 0. The fourth-order valence-corrected chi connectivity index (χ4v) is 3.32. The molecule has 26 heavy (non-hydrogen) atoms. The van der Waals surface area contributed by atoms with Crippen molar-refractivity contribution >= 4 is 11.9 Å².